The van der Waals surface area contributed by atoms with Crippen LogP contribution in [0.25, 0.3) is 0 Å². The Morgan fingerprint density at radius 3 is 2.82 bits per heavy atom. The van der Waals surface area contributed by atoms with E-state index in [1.807, 2.05) is 30.3 Å². The number of para-hydroxylation sites is 1. The maximum Gasteiger partial charge on any atom is 0.133 e. The van der Waals surface area contributed by atoms with E-state index in [0.29, 0.717) is 19.0 Å². The molecule has 1 aliphatic carbocycles. The lowest BCUT2D eigenvalue weighted by Gasteiger charge is -2.48. The molecule has 2 heteroatoms. The fourth-order valence-corrected chi connectivity index (χ4v) is 2.87. The Bertz CT molecular complexity index is 463. The van der Waals surface area contributed by atoms with Crippen LogP contribution in [0.15, 0.2) is 54.1 Å². The molecule has 1 fully saturated rings. The first kappa shape index (κ1) is 10.8. The summed E-state index contributed by atoms with van der Waals surface area (Å²) in [4.78, 5) is 0. The molecular weight excluding hydrogens is 210 g/mol. The Morgan fingerprint density at radius 2 is 2.00 bits per heavy atom. The monoisotopic (exact) mass is 227 g/mol. The smallest absolute Gasteiger partial charge is 0.133 e. The van der Waals surface area contributed by atoms with E-state index in [0.717, 1.165) is 18.5 Å². The molecule has 1 heterocycles. The Hall–Kier alpha value is -1.38. The molecular formula is C15H17NO. The minimum Gasteiger partial charge on any atom is -0.627 e. The normalized spacial score (nSPS) is 31.8. The van der Waals surface area contributed by atoms with E-state index >= 15 is 0 Å². The SMILES string of the molecule is [O-][N+]1(c2ccccc2)CCC2CC=CC=C2C1. The molecule has 0 N–H and O–H groups in total. The number of fused-ring (bicyclic) bond motifs is 1. The second kappa shape index (κ2) is 4.13. The minimum atomic E-state index is -0.184. The third-order valence-corrected chi connectivity index (χ3v) is 3.89. The highest BCUT2D eigenvalue weighted by atomic mass is 16.5. The quantitative estimate of drug-likeness (QED) is 0.532. The van der Waals surface area contributed by atoms with Crippen molar-refractivity contribution in [2.75, 3.05) is 13.1 Å². The predicted octanol–water partition coefficient (Wildman–Crippen LogP) is 3.40. The lowest BCUT2D eigenvalue weighted by Crippen LogP contribution is -2.50. The Kier molecular flexibility index (Phi) is 2.61. The van der Waals surface area contributed by atoms with Crippen molar-refractivity contribution in [3.05, 3.63) is 59.3 Å². The van der Waals surface area contributed by atoms with Crippen molar-refractivity contribution in [3.63, 3.8) is 0 Å². The van der Waals surface area contributed by atoms with Crippen molar-refractivity contribution in [1.29, 1.82) is 0 Å². The standard InChI is InChI=1S/C15H17NO/c17-16(15-8-2-1-3-9-15)11-10-13-6-4-5-7-14(13)12-16/h1-5,7-9,13H,6,10-12H2. The molecule has 2 nitrogen and oxygen atoms in total. The van der Waals surface area contributed by atoms with Crippen molar-refractivity contribution in [1.82, 2.24) is 4.65 Å². The van der Waals surface area contributed by atoms with Crippen molar-refractivity contribution in [3.8, 4) is 0 Å². The van der Waals surface area contributed by atoms with Gasteiger partial charge >= 0.3 is 0 Å². The van der Waals surface area contributed by atoms with Gasteiger partial charge in [0.2, 0.25) is 0 Å². The summed E-state index contributed by atoms with van der Waals surface area (Å²) in [5, 5.41) is 12.9. The summed E-state index contributed by atoms with van der Waals surface area (Å²) in [7, 11) is 0. The van der Waals surface area contributed by atoms with Crippen LogP contribution in [-0.4, -0.2) is 13.1 Å². The summed E-state index contributed by atoms with van der Waals surface area (Å²) in [6, 6.07) is 9.77. The van der Waals surface area contributed by atoms with Gasteiger partial charge in [-0.1, -0.05) is 36.4 Å². The number of nitrogens with zero attached hydrogens (tertiary/aromatic N) is 1. The van der Waals surface area contributed by atoms with Crippen LogP contribution < -0.4 is 4.65 Å². The molecule has 1 aromatic rings. The van der Waals surface area contributed by atoms with E-state index in [1.165, 1.54) is 5.57 Å². The summed E-state index contributed by atoms with van der Waals surface area (Å²) in [5.74, 6) is 0.615. The van der Waals surface area contributed by atoms with Crippen molar-refractivity contribution < 1.29 is 0 Å². The van der Waals surface area contributed by atoms with E-state index < -0.39 is 0 Å². The second-order valence-corrected chi connectivity index (χ2v) is 5.00. The molecule has 88 valence electrons. The van der Waals surface area contributed by atoms with Crippen LogP contribution in [0.5, 0.6) is 0 Å². The number of hydrogen-bond acceptors (Lipinski definition) is 1. The molecule has 2 aliphatic rings. The number of rotatable bonds is 1. The highest BCUT2D eigenvalue weighted by molar-refractivity contribution is 5.46. The number of allylic oxidation sites excluding steroid dienone is 3. The molecule has 0 spiro atoms. The van der Waals surface area contributed by atoms with E-state index in [9.17, 15) is 5.21 Å². The minimum absolute atomic E-state index is 0.184. The van der Waals surface area contributed by atoms with Gasteiger partial charge in [-0.2, -0.15) is 0 Å². The molecule has 2 atom stereocenters. The van der Waals surface area contributed by atoms with E-state index in [1.54, 1.807) is 0 Å². The summed E-state index contributed by atoms with van der Waals surface area (Å²) in [6.45, 7) is 1.33. The Balaban J connectivity index is 1.90. The van der Waals surface area contributed by atoms with Gasteiger partial charge in [0.05, 0.1) is 6.54 Å². The van der Waals surface area contributed by atoms with Gasteiger partial charge in [-0.3, -0.25) is 0 Å². The molecule has 1 aromatic carbocycles. The number of quaternary nitrogens is 1. The lowest BCUT2D eigenvalue weighted by atomic mass is 9.85. The molecule has 2 unspecified atom stereocenters. The zero-order valence-corrected chi connectivity index (χ0v) is 9.88. The first-order chi connectivity index (χ1) is 8.28. The van der Waals surface area contributed by atoms with E-state index in [2.05, 4.69) is 18.2 Å². The number of hydrogen-bond donors (Lipinski definition) is 0. The summed E-state index contributed by atoms with van der Waals surface area (Å²) in [5.41, 5.74) is 2.22. The lowest BCUT2D eigenvalue weighted by molar-refractivity contribution is 0.304. The van der Waals surface area contributed by atoms with Gasteiger partial charge < -0.3 is 9.85 Å². The molecule has 0 saturated carbocycles. The van der Waals surface area contributed by atoms with Crippen molar-refractivity contribution in [2.24, 2.45) is 5.92 Å². The Labute approximate surface area is 102 Å². The van der Waals surface area contributed by atoms with Gasteiger partial charge in [0.15, 0.2) is 0 Å². The van der Waals surface area contributed by atoms with Crippen LogP contribution in [0.1, 0.15) is 12.8 Å². The number of hydroxylamine groups is 2. The zero-order chi connectivity index (χ0) is 11.7. The molecule has 0 radical (unpaired) electrons. The van der Waals surface area contributed by atoms with Gasteiger partial charge in [0, 0.05) is 6.42 Å². The van der Waals surface area contributed by atoms with Crippen LogP contribution in [-0.2, 0) is 0 Å². The highest BCUT2D eigenvalue weighted by Crippen LogP contribution is 2.35. The van der Waals surface area contributed by atoms with Gasteiger partial charge in [-0.05, 0) is 30.0 Å². The molecule has 0 bridgehead atoms. The topological polar surface area (TPSA) is 23.1 Å². The Morgan fingerprint density at radius 1 is 1.18 bits per heavy atom. The van der Waals surface area contributed by atoms with Crippen molar-refractivity contribution >= 4 is 5.69 Å². The van der Waals surface area contributed by atoms with E-state index in [4.69, 9.17) is 0 Å². The van der Waals surface area contributed by atoms with Gasteiger partial charge in [0.25, 0.3) is 0 Å². The maximum absolute atomic E-state index is 12.9. The molecule has 0 aromatic heterocycles. The third kappa shape index (κ3) is 1.94. The number of benzene rings is 1. The van der Waals surface area contributed by atoms with Crippen molar-refractivity contribution in [2.45, 2.75) is 12.8 Å². The van der Waals surface area contributed by atoms with Crippen LogP contribution >= 0.6 is 0 Å². The largest absolute Gasteiger partial charge is 0.627 e. The summed E-state index contributed by atoms with van der Waals surface area (Å²) < 4.78 is -0.184. The van der Waals surface area contributed by atoms with Gasteiger partial charge in [0.1, 0.15) is 12.2 Å². The van der Waals surface area contributed by atoms with Gasteiger partial charge in [-0.15, -0.1) is 0 Å². The fraction of sp³-hybridized carbons (Fsp3) is 0.333. The van der Waals surface area contributed by atoms with Crippen LogP contribution in [0.4, 0.5) is 5.69 Å². The van der Waals surface area contributed by atoms with Crippen LogP contribution in [0, 0.1) is 11.1 Å². The van der Waals surface area contributed by atoms with Crippen LogP contribution in [0.3, 0.4) is 0 Å². The molecule has 1 saturated heterocycles. The van der Waals surface area contributed by atoms with Gasteiger partial charge in [-0.25, -0.2) is 0 Å². The molecule has 3 rings (SSSR count). The summed E-state index contributed by atoms with van der Waals surface area (Å²) >= 11 is 0. The molecule has 1 aliphatic heterocycles. The molecule has 0 amide bonds. The first-order valence-electron chi connectivity index (χ1n) is 6.27. The average Bonchev–Trinajstić information content (AvgIpc) is 2.40. The number of piperidine rings is 1. The molecule has 17 heavy (non-hydrogen) atoms. The van der Waals surface area contributed by atoms with E-state index in [-0.39, 0.29) is 4.65 Å². The highest BCUT2D eigenvalue weighted by Gasteiger charge is 2.32. The second-order valence-electron chi connectivity index (χ2n) is 5.00. The predicted molar refractivity (Wildman–Crippen MR) is 71.3 cm³/mol. The third-order valence-electron chi connectivity index (χ3n) is 3.89. The van der Waals surface area contributed by atoms with Crippen LogP contribution in [0.2, 0.25) is 0 Å². The average molecular weight is 227 g/mol. The zero-order valence-electron chi connectivity index (χ0n) is 9.88. The fourth-order valence-electron chi connectivity index (χ4n) is 2.87. The first-order valence-corrected chi connectivity index (χ1v) is 6.27. The maximum atomic E-state index is 12.9. The summed E-state index contributed by atoms with van der Waals surface area (Å²) in [6.07, 6.45) is 8.56.